The number of hydroxylamine groups is 3. The minimum atomic E-state index is -4.80. The molecule has 0 aromatic carbocycles. The Morgan fingerprint density at radius 3 is 2.68 bits per heavy atom. The fraction of sp³-hybridized carbons (Fsp3) is 0.800. The summed E-state index contributed by atoms with van der Waals surface area (Å²) in [6, 6.07) is -2.20. The van der Waals surface area contributed by atoms with Crippen molar-refractivity contribution >= 4 is 22.3 Å². The summed E-state index contributed by atoms with van der Waals surface area (Å²) in [7, 11) is -4.80. The van der Waals surface area contributed by atoms with Crippen LogP contribution in [0.4, 0.5) is 4.79 Å². The molecule has 22 heavy (non-hydrogen) atoms. The average Bonchev–Trinajstić information content (AvgIpc) is 3.10. The van der Waals surface area contributed by atoms with Crippen LogP contribution >= 0.6 is 0 Å². The van der Waals surface area contributed by atoms with Crippen molar-refractivity contribution in [2.24, 2.45) is 5.73 Å². The third-order valence-electron chi connectivity index (χ3n) is 3.89. The summed E-state index contributed by atoms with van der Waals surface area (Å²) in [6.07, 6.45) is 1.13. The molecule has 3 fully saturated rings. The SMILES string of the molecule is NC1CC1ONC(=O)[C@@H]1CC[C@@H]2CN1C(=O)N2OS(=O)(=O)O. The molecule has 124 valence electrons. The van der Waals surface area contributed by atoms with Gasteiger partial charge in [-0.25, -0.2) is 10.3 Å². The molecule has 3 aliphatic rings. The predicted octanol–water partition coefficient (Wildman–Crippen LogP) is -1.86. The molecular weight excluding hydrogens is 320 g/mol. The van der Waals surface area contributed by atoms with Crippen molar-refractivity contribution in [3.63, 3.8) is 0 Å². The van der Waals surface area contributed by atoms with Crippen LogP contribution in [-0.2, 0) is 24.3 Å². The summed E-state index contributed by atoms with van der Waals surface area (Å²) in [4.78, 5) is 30.4. The monoisotopic (exact) mass is 336 g/mol. The van der Waals surface area contributed by atoms with Gasteiger partial charge in [0, 0.05) is 12.6 Å². The lowest BCUT2D eigenvalue weighted by Gasteiger charge is -2.28. The highest BCUT2D eigenvalue weighted by Crippen LogP contribution is 2.31. The van der Waals surface area contributed by atoms with Crippen molar-refractivity contribution in [1.29, 1.82) is 0 Å². The molecule has 0 spiro atoms. The first-order chi connectivity index (χ1) is 10.3. The summed E-state index contributed by atoms with van der Waals surface area (Å²) in [5, 5.41) is 0.584. The zero-order valence-electron chi connectivity index (χ0n) is 11.4. The van der Waals surface area contributed by atoms with Crippen molar-refractivity contribution < 1.29 is 31.7 Å². The molecule has 0 aromatic heterocycles. The second-order valence-electron chi connectivity index (χ2n) is 5.53. The Morgan fingerprint density at radius 1 is 1.41 bits per heavy atom. The molecular formula is C10H16N4O7S. The molecule has 2 aliphatic heterocycles. The number of carbonyl (C=O) groups is 2. The molecule has 2 unspecified atom stereocenters. The van der Waals surface area contributed by atoms with E-state index in [9.17, 15) is 18.0 Å². The summed E-state index contributed by atoms with van der Waals surface area (Å²) in [5.41, 5.74) is 7.82. The maximum atomic E-state index is 12.1. The number of nitrogens with two attached hydrogens (primary N) is 1. The number of nitrogens with one attached hydrogen (secondary N) is 1. The summed E-state index contributed by atoms with van der Waals surface area (Å²) in [6.45, 7) is 0.134. The zero-order valence-corrected chi connectivity index (χ0v) is 12.2. The van der Waals surface area contributed by atoms with Crippen LogP contribution in [0.25, 0.3) is 0 Å². The minimum absolute atomic E-state index is 0.0943. The van der Waals surface area contributed by atoms with Gasteiger partial charge in [-0.15, -0.1) is 4.28 Å². The van der Waals surface area contributed by atoms with Gasteiger partial charge in [-0.1, -0.05) is 0 Å². The lowest BCUT2D eigenvalue weighted by atomic mass is 10.0. The third-order valence-corrected chi connectivity index (χ3v) is 4.24. The zero-order chi connectivity index (χ0) is 16.1. The van der Waals surface area contributed by atoms with E-state index < -0.39 is 34.4 Å². The van der Waals surface area contributed by atoms with Gasteiger partial charge in [0.15, 0.2) is 0 Å². The highest BCUT2D eigenvalue weighted by atomic mass is 32.3. The molecule has 11 nitrogen and oxygen atoms in total. The van der Waals surface area contributed by atoms with Gasteiger partial charge in [0.05, 0.1) is 6.04 Å². The van der Waals surface area contributed by atoms with E-state index in [1.54, 1.807) is 0 Å². The highest BCUT2D eigenvalue weighted by Gasteiger charge is 2.49. The first-order valence-corrected chi connectivity index (χ1v) is 8.10. The van der Waals surface area contributed by atoms with Crippen LogP contribution in [0.3, 0.4) is 0 Å². The van der Waals surface area contributed by atoms with Crippen molar-refractivity contribution in [2.75, 3.05) is 6.54 Å². The van der Waals surface area contributed by atoms with Gasteiger partial charge in [-0.3, -0.25) is 14.2 Å². The number of hydrogen-bond donors (Lipinski definition) is 3. The van der Waals surface area contributed by atoms with Crippen molar-refractivity contribution in [1.82, 2.24) is 15.4 Å². The molecule has 12 heteroatoms. The lowest BCUT2D eigenvalue weighted by molar-refractivity contribution is -0.140. The Hall–Kier alpha value is -1.47. The van der Waals surface area contributed by atoms with E-state index in [-0.39, 0.29) is 18.7 Å². The van der Waals surface area contributed by atoms with E-state index >= 15 is 0 Å². The largest absolute Gasteiger partial charge is 0.418 e. The number of piperidine rings is 1. The smallest absolute Gasteiger partial charge is 0.325 e. The molecule has 1 saturated carbocycles. The number of nitrogens with zero attached hydrogens (tertiary/aromatic N) is 2. The normalized spacial score (nSPS) is 34.0. The standard InChI is InChI=1S/C10H16N4O7S/c11-6-3-8(6)20-12-9(15)7-2-1-5-4-13(7)10(16)14(5)21-22(17,18)19/h5-8H,1-4,11H2,(H,12,15)(H,17,18,19)/t5-,6?,7+,8?/m1/s1. The fourth-order valence-electron chi connectivity index (χ4n) is 2.63. The van der Waals surface area contributed by atoms with E-state index in [1.807, 2.05) is 0 Å². The van der Waals surface area contributed by atoms with E-state index in [4.69, 9.17) is 15.1 Å². The molecule has 1 aliphatic carbocycles. The van der Waals surface area contributed by atoms with Crippen LogP contribution in [0.2, 0.25) is 0 Å². The number of amides is 3. The third kappa shape index (κ3) is 3.01. The Balaban J connectivity index is 1.62. The number of rotatable bonds is 5. The molecule has 4 atom stereocenters. The van der Waals surface area contributed by atoms with E-state index in [0.29, 0.717) is 24.3 Å². The summed E-state index contributed by atoms with van der Waals surface area (Å²) in [5.74, 6) is -0.500. The maximum absolute atomic E-state index is 12.1. The Morgan fingerprint density at radius 2 is 2.09 bits per heavy atom. The molecule has 0 aromatic rings. The van der Waals surface area contributed by atoms with E-state index in [2.05, 4.69) is 9.76 Å². The predicted molar refractivity (Wildman–Crippen MR) is 69.0 cm³/mol. The maximum Gasteiger partial charge on any atom is 0.418 e. The average molecular weight is 336 g/mol. The van der Waals surface area contributed by atoms with Crippen LogP contribution in [0.1, 0.15) is 19.3 Å². The van der Waals surface area contributed by atoms with Crippen molar-refractivity contribution in [3.8, 4) is 0 Å². The number of hydrogen-bond acceptors (Lipinski definition) is 7. The van der Waals surface area contributed by atoms with Gasteiger partial charge in [-0.2, -0.15) is 13.5 Å². The number of fused-ring (bicyclic) bond motifs is 2. The topological polar surface area (TPSA) is 151 Å². The summed E-state index contributed by atoms with van der Waals surface area (Å²) < 4.78 is 34.5. The molecule has 2 saturated heterocycles. The van der Waals surface area contributed by atoms with Crippen molar-refractivity contribution in [2.45, 2.75) is 43.5 Å². The van der Waals surface area contributed by atoms with Crippen LogP contribution < -0.4 is 11.2 Å². The van der Waals surface area contributed by atoms with E-state index in [0.717, 1.165) is 0 Å². The van der Waals surface area contributed by atoms with Crippen LogP contribution in [0.15, 0.2) is 0 Å². The van der Waals surface area contributed by atoms with E-state index in [1.165, 1.54) is 4.90 Å². The van der Waals surface area contributed by atoms with Crippen LogP contribution in [-0.4, -0.2) is 65.6 Å². The Kier molecular flexibility index (Phi) is 3.72. The second kappa shape index (κ2) is 5.31. The quantitative estimate of drug-likeness (QED) is 0.390. The van der Waals surface area contributed by atoms with Gasteiger partial charge in [0.1, 0.15) is 12.1 Å². The van der Waals surface area contributed by atoms with Gasteiger partial charge in [0.25, 0.3) is 5.91 Å². The number of carbonyl (C=O) groups excluding carboxylic acids is 2. The fourth-order valence-corrected chi connectivity index (χ4v) is 3.02. The Bertz CT molecular complexity index is 596. The van der Waals surface area contributed by atoms with Gasteiger partial charge >= 0.3 is 16.4 Å². The lowest BCUT2D eigenvalue weighted by Crippen LogP contribution is -2.50. The molecule has 0 radical (unpaired) electrons. The first-order valence-electron chi connectivity index (χ1n) is 6.74. The molecule has 2 bridgehead atoms. The van der Waals surface area contributed by atoms with Gasteiger partial charge in [0.2, 0.25) is 0 Å². The van der Waals surface area contributed by atoms with Gasteiger partial charge in [-0.05, 0) is 19.3 Å². The summed E-state index contributed by atoms with van der Waals surface area (Å²) >= 11 is 0. The highest BCUT2D eigenvalue weighted by molar-refractivity contribution is 7.80. The van der Waals surface area contributed by atoms with Gasteiger partial charge < -0.3 is 10.6 Å². The molecule has 3 amide bonds. The van der Waals surface area contributed by atoms with Crippen molar-refractivity contribution in [3.05, 3.63) is 0 Å². The second-order valence-corrected chi connectivity index (χ2v) is 6.54. The molecule has 4 N–H and O–H groups in total. The van der Waals surface area contributed by atoms with Crippen LogP contribution in [0, 0.1) is 0 Å². The number of urea groups is 1. The van der Waals surface area contributed by atoms with Crippen LogP contribution in [0.5, 0.6) is 0 Å². The minimum Gasteiger partial charge on any atom is -0.325 e. The molecule has 2 heterocycles. The molecule has 3 rings (SSSR count). The first kappa shape index (κ1) is 15.4. The Labute approximate surface area is 126 Å².